The van der Waals surface area contributed by atoms with E-state index in [0.717, 1.165) is 74.5 Å². The summed E-state index contributed by atoms with van der Waals surface area (Å²) in [6, 6.07) is 0. The van der Waals surface area contributed by atoms with E-state index in [-0.39, 0.29) is 71.3 Å². The van der Waals surface area contributed by atoms with Crippen molar-refractivity contribution in [2.45, 2.75) is 21.7 Å². The number of ether oxygens (including phenoxy) is 4. The Morgan fingerprint density at radius 3 is 0.500 bits per heavy atom. The highest BCUT2D eigenvalue weighted by Gasteiger charge is 2.80. The largest absolute Gasteiger partial charge is 1.00 e. The van der Waals surface area contributed by atoms with E-state index in [1.54, 1.807) is 303 Å². The number of nitrogens with zero attached hydrogens (tertiary/aromatic N) is 2. The molecule has 4 spiro atoms. The van der Waals surface area contributed by atoms with E-state index in [1.807, 2.05) is 0 Å². The van der Waals surface area contributed by atoms with Crippen LogP contribution in [0.5, 0.6) is 0 Å². The van der Waals surface area contributed by atoms with Crippen molar-refractivity contribution in [3.05, 3.63) is 44.5 Å². The zero-order valence-electron chi connectivity index (χ0n) is 48.8. The molecule has 2 aliphatic heterocycles. The minimum atomic E-state index is -0.228. The minimum absolute atomic E-state index is 0. The van der Waals surface area contributed by atoms with E-state index in [2.05, 4.69) is 25.6 Å². The topological polar surface area (TPSA) is 92.2 Å². The Bertz CT molecular complexity index is 7220. The van der Waals surface area contributed by atoms with Crippen molar-refractivity contribution in [3.63, 3.8) is 0 Å². The first-order valence-corrected chi connectivity index (χ1v) is 33.0. The number of benzene rings is 16. The lowest BCUT2D eigenvalue weighted by Crippen LogP contribution is -3.00. The van der Waals surface area contributed by atoms with Crippen LogP contribution < -0.4 is 61.1 Å². The zero-order valence-corrected chi connectivity index (χ0v) is 51.8. The number of quaternary nitrogens is 4. The second-order valence-electron chi connectivity index (χ2n) is 32.1. The summed E-state index contributed by atoms with van der Waals surface area (Å²) in [6.45, 7) is 13.5. The maximum Gasteiger partial charge on any atom is 0.102 e. The van der Waals surface area contributed by atoms with Crippen molar-refractivity contribution in [1.29, 1.82) is 0 Å². The maximum atomic E-state index is 6.74. The van der Waals surface area contributed by atoms with Gasteiger partial charge in [-0.25, -0.2) is 0 Å². The van der Waals surface area contributed by atoms with Crippen molar-refractivity contribution in [3.8, 4) is 0 Å². The molecule has 8 aliphatic carbocycles. The maximum absolute atomic E-state index is 6.74. The Labute approximate surface area is 529 Å². The summed E-state index contributed by atoms with van der Waals surface area (Å²) in [7, 11) is 5.41. The number of hydrogen-bond donors (Lipinski definition) is 2. The molecule has 90 heavy (non-hydrogen) atoms. The molecule has 0 radical (unpaired) electrons. The Morgan fingerprint density at radius 2 is 0.356 bits per heavy atom. The molecule has 2 saturated heterocycles. The van der Waals surface area contributed by atoms with Gasteiger partial charge in [-0.15, -0.1) is 0 Å². The fraction of sp³-hybridized carbons (Fsp3) is 0.282. The molecule has 6 atom stereocenters. The van der Waals surface area contributed by atoms with E-state index in [1.165, 1.54) is 0 Å². The highest BCUT2D eigenvalue weighted by molar-refractivity contribution is 6.77. The lowest BCUT2D eigenvalue weighted by Gasteiger charge is -2.47. The smallest absolute Gasteiger partial charge is 0.102 e. The lowest BCUT2D eigenvalue weighted by atomic mass is 9.50. The normalized spacial score (nSPS) is 27.3. The third-order valence-electron chi connectivity index (χ3n) is 30.2. The molecule has 10 aliphatic rings. The number of likely N-dealkylation sites (tertiary alicyclic amines) is 2. The molecule has 2 heterocycles. The Hall–Kier alpha value is -6.44. The SMILES string of the molecule is C[N+]1(CCOCCOCC[NH3+])CC23c4c5c6c7c8c9c(c%10c%11c2c2c4c4c%12c%13c%14c%15c%16c%17c%18c%19c%20c%21c%22c(c%13c4c4c2c2c%11c%11c%10c%10c9c9c%13c8c(c6c%15c5%12)c%16c%13c%18c5c%19c6c%21c(c2c%224)c%11c6c%10c59)C%202C[N+](C)(CCOCCOCC[NH3+])CC%14%172)C73C1.[Cl-].[Cl-].[Cl-].[Cl-]. The molecule has 428 valence electrons. The number of likely N-dealkylation sites (N-methyl/N-ethyl adjacent to an activating group) is 2. The Morgan fingerprint density at radius 1 is 0.222 bits per heavy atom. The van der Waals surface area contributed by atoms with Crippen LogP contribution in [-0.4, -0.2) is 128 Å². The summed E-state index contributed by atoms with van der Waals surface area (Å²) in [6.07, 6.45) is 0. The van der Waals surface area contributed by atoms with Gasteiger partial charge in [0.15, 0.2) is 0 Å². The second-order valence-corrected chi connectivity index (χ2v) is 32.1. The standard InChI is InChI=1S/C78H42N4O4.4ClH/c1-81(5-9-85-13-11-83-7-3-79)15-75-67-51-35-23-21-19-20-22-24-26-31-41-29(22)39(27(19)35)55(67)57(41)69-59-43(31)34-38(26)54-52-36(24)28(20)40-30(21)42-32-25(23)37-33-44(32)60-64-48-45(33)61(71(75)53(37)51)65-49(48)50-47(63(59)73(65)77(69,75)17-81)46(34)62-66(50)74(64)78-18-82(2,6-10-86-14-12-84-8-4-80)16-76(78,72(54)62)68(52)56(40)58(42)70(60)78;;;;/h3-18,79-80H2,1-2H3;4*1H/q+2;;;;/p-2. The molecule has 0 amide bonds. The summed E-state index contributed by atoms with van der Waals surface area (Å²) >= 11 is 0. The summed E-state index contributed by atoms with van der Waals surface area (Å²) in [5.41, 5.74) is 21.6. The van der Waals surface area contributed by atoms with Gasteiger partial charge in [0.1, 0.15) is 13.1 Å². The van der Waals surface area contributed by atoms with E-state index in [4.69, 9.17) is 18.9 Å². The van der Waals surface area contributed by atoms with Crippen LogP contribution in [0.2, 0.25) is 0 Å². The molecule has 24 aromatic rings. The van der Waals surface area contributed by atoms with Crippen molar-refractivity contribution in [2.24, 2.45) is 0 Å². The molecule has 2 fully saturated rings. The quantitative estimate of drug-likeness (QED) is 0.0832. The fourth-order valence-electron chi connectivity index (χ4n) is 29.9. The van der Waals surface area contributed by atoms with Crippen LogP contribution in [-0.2, 0) is 40.6 Å². The molecule has 34 rings (SSSR count). The second kappa shape index (κ2) is 11.6. The van der Waals surface area contributed by atoms with Crippen LogP contribution in [0.15, 0.2) is 0 Å². The van der Waals surface area contributed by atoms with Gasteiger partial charge in [-0.2, -0.15) is 0 Å². The van der Waals surface area contributed by atoms with Crippen LogP contribution >= 0.6 is 0 Å². The summed E-state index contributed by atoms with van der Waals surface area (Å²) < 4.78 is 27.5. The van der Waals surface area contributed by atoms with Gasteiger partial charge in [0.2, 0.25) is 0 Å². The molecule has 0 saturated carbocycles. The Kier molecular flexibility index (Phi) is 5.90. The molecule has 24 aromatic carbocycles. The highest BCUT2D eigenvalue weighted by atomic mass is 35.5. The van der Waals surface area contributed by atoms with Crippen LogP contribution in [0.4, 0.5) is 0 Å². The first-order chi connectivity index (χ1) is 42.4. The van der Waals surface area contributed by atoms with Gasteiger partial charge in [0.05, 0.1) is 128 Å². The predicted octanol–water partition coefficient (Wildman–Crippen LogP) is 0.345. The summed E-state index contributed by atoms with van der Waals surface area (Å²) in [5.74, 6) is 0. The average molecular weight is 1240 g/mol. The molecule has 6 unspecified atom stereocenters. The molecule has 8 nitrogen and oxygen atoms in total. The number of halogens is 4. The third-order valence-corrected chi connectivity index (χ3v) is 30.2. The number of hydrogen-bond acceptors (Lipinski definition) is 4. The Balaban J connectivity index is 0.00000116. The molecule has 0 aromatic heterocycles. The van der Waals surface area contributed by atoms with Gasteiger partial charge in [0.25, 0.3) is 0 Å². The third kappa shape index (κ3) is 2.95. The molecular weight excluding hydrogens is 1200 g/mol. The van der Waals surface area contributed by atoms with Gasteiger partial charge in [-0.3, -0.25) is 0 Å². The van der Waals surface area contributed by atoms with Crippen LogP contribution in [0, 0.1) is 0 Å². The molecule has 6 N–H and O–H groups in total. The first kappa shape index (κ1) is 45.8. The van der Waals surface area contributed by atoms with E-state index >= 15 is 0 Å². The zero-order chi connectivity index (χ0) is 53.5. The fourth-order valence-corrected chi connectivity index (χ4v) is 29.9. The van der Waals surface area contributed by atoms with Gasteiger partial charge >= 0.3 is 0 Å². The van der Waals surface area contributed by atoms with Gasteiger partial charge in [-0.05, 0) is 303 Å². The molecule has 0 bridgehead atoms. The molecule has 12 heteroatoms. The predicted molar refractivity (Wildman–Crippen MR) is 347 cm³/mol. The van der Waals surface area contributed by atoms with E-state index < -0.39 is 0 Å². The lowest BCUT2D eigenvalue weighted by molar-refractivity contribution is -0.900. The van der Waals surface area contributed by atoms with Crippen LogP contribution in [0.3, 0.4) is 0 Å². The summed E-state index contributed by atoms with van der Waals surface area (Å²) in [4.78, 5) is 0. The number of rotatable bonds is 16. The highest BCUT2D eigenvalue weighted by Crippen LogP contribution is 2.88. The van der Waals surface area contributed by atoms with Crippen LogP contribution in [0.25, 0.3) is 259 Å². The first-order valence-electron chi connectivity index (χ1n) is 33.0. The van der Waals surface area contributed by atoms with E-state index in [0.29, 0.717) is 39.6 Å². The average Bonchev–Trinajstić information content (AvgIpc) is 1.38. The monoisotopic (exact) mass is 1240 g/mol. The summed E-state index contributed by atoms with van der Waals surface area (Å²) in [5, 5.41) is 81.4. The van der Waals surface area contributed by atoms with Gasteiger partial charge in [0, 0.05) is 0 Å². The van der Waals surface area contributed by atoms with Crippen molar-refractivity contribution in [2.75, 3.05) is 119 Å². The molecular formula is C78H44Cl4N4O4. The van der Waals surface area contributed by atoms with Crippen molar-refractivity contribution < 1.29 is 89.0 Å². The van der Waals surface area contributed by atoms with Crippen molar-refractivity contribution in [1.82, 2.24) is 0 Å². The van der Waals surface area contributed by atoms with E-state index in [9.17, 15) is 0 Å². The van der Waals surface area contributed by atoms with Gasteiger partial charge in [-0.1, -0.05) is 0 Å². The van der Waals surface area contributed by atoms with Gasteiger partial charge < -0.3 is 89.0 Å². The van der Waals surface area contributed by atoms with Crippen molar-refractivity contribution >= 4 is 259 Å². The van der Waals surface area contributed by atoms with Crippen LogP contribution in [0.1, 0.15) is 44.5 Å². The minimum Gasteiger partial charge on any atom is -1.00 e.